The summed E-state index contributed by atoms with van der Waals surface area (Å²) in [6.07, 6.45) is 3.00. The Labute approximate surface area is 207 Å². The van der Waals surface area contributed by atoms with E-state index in [4.69, 9.17) is 10.5 Å². The minimum Gasteiger partial charge on any atom is -0.465 e. The topological polar surface area (TPSA) is 130 Å². The maximum Gasteiger partial charge on any atom is 0.407 e. The average molecular weight is 481 g/mol. The highest BCUT2D eigenvalue weighted by Gasteiger charge is 2.26. The molecule has 0 atom stereocenters. The number of anilines is 1. The second-order valence-corrected chi connectivity index (χ2v) is 8.63. The summed E-state index contributed by atoms with van der Waals surface area (Å²) < 4.78 is 7.88. The predicted molar refractivity (Wildman–Crippen MR) is 137 cm³/mol. The number of carbonyl (C=O) groups is 1. The number of amides is 1. The molecule has 3 aromatic heterocycles. The van der Waals surface area contributed by atoms with Gasteiger partial charge in [0.15, 0.2) is 0 Å². The van der Waals surface area contributed by atoms with Crippen molar-refractivity contribution in [3.8, 4) is 28.8 Å². The molecule has 1 aromatic carbocycles. The third-order valence-electron chi connectivity index (χ3n) is 6.37. The van der Waals surface area contributed by atoms with Gasteiger partial charge >= 0.3 is 6.09 Å². The fourth-order valence-electron chi connectivity index (χ4n) is 4.69. The molecule has 9 nitrogen and oxygen atoms in total. The van der Waals surface area contributed by atoms with Crippen LogP contribution < -0.4 is 10.5 Å². The summed E-state index contributed by atoms with van der Waals surface area (Å²) in [5.74, 6) is 1.47. The van der Waals surface area contributed by atoms with Crippen molar-refractivity contribution in [2.45, 2.75) is 13.3 Å². The van der Waals surface area contributed by atoms with Crippen LogP contribution in [-0.2, 0) is 7.05 Å². The molecule has 4 heterocycles. The maximum absolute atomic E-state index is 11.4. The smallest absolute Gasteiger partial charge is 0.407 e. The molecule has 1 aliphatic heterocycles. The number of ether oxygens (including phenoxy) is 1. The second kappa shape index (κ2) is 9.07. The van der Waals surface area contributed by atoms with E-state index in [1.807, 2.05) is 61.0 Å². The highest BCUT2D eigenvalue weighted by molar-refractivity contribution is 6.09. The number of nitrogen functional groups attached to an aromatic ring is 1. The summed E-state index contributed by atoms with van der Waals surface area (Å²) in [5, 5.41) is 19.8. The Balaban J connectivity index is 1.65. The molecule has 180 valence electrons. The van der Waals surface area contributed by atoms with Gasteiger partial charge in [0, 0.05) is 43.7 Å². The molecule has 0 fully saturated rings. The quantitative estimate of drug-likeness (QED) is 0.422. The van der Waals surface area contributed by atoms with Crippen LogP contribution in [0.5, 0.6) is 11.6 Å². The average Bonchev–Trinajstić information content (AvgIpc) is 3.19. The van der Waals surface area contributed by atoms with Gasteiger partial charge in [-0.25, -0.2) is 14.8 Å². The van der Waals surface area contributed by atoms with E-state index in [-0.39, 0.29) is 0 Å². The number of pyridine rings is 2. The molecular weight excluding hydrogens is 456 g/mol. The summed E-state index contributed by atoms with van der Waals surface area (Å²) in [6, 6.07) is 15.4. The lowest BCUT2D eigenvalue weighted by molar-refractivity contribution is 0.150. The summed E-state index contributed by atoms with van der Waals surface area (Å²) in [7, 11) is 1.90. The number of hydrogen-bond donors (Lipinski definition) is 2. The molecule has 1 amide bonds. The van der Waals surface area contributed by atoms with Crippen molar-refractivity contribution in [1.82, 2.24) is 19.4 Å². The summed E-state index contributed by atoms with van der Waals surface area (Å²) >= 11 is 0. The van der Waals surface area contributed by atoms with E-state index in [1.54, 1.807) is 6.07 Å². The van der Waals surface area contributed by atoms with Crippen molar-refractivity contribution in [3.05, 3.63) is 71.7 Å². The first-order valence-electron chi connectivity index (χ1n) is 11.4. The minimum absolute atomic E-state index is 0.292. The molecule has 0 bridgehead atoms. The first kappa shape index (κ1) is 22.9. The van der Waals surface area contributed by atoms with E-state index in [9.17, 15) is 15.2 Å². The monoisotopic (exact) mass is 480 g/mol. The van der Waals surface area contributed by atoms with Crippen LogP contribution in [-0.4, -0.2) is 43.7 Å². The number of fused-ring (bicyclic) bond motifs is 1. The zero-order valence-corrected chi connectivity index (χ0v) is 19.9. The van der Waals surface area contributed by atoms with Crippen LogP contribution in [0.2, 0.25) is 0 Å². The molecule has 36 heavy (non-hydrogen) atoms. The zero-order chi connectivity index (χ0) is 25.4. The molecule has 0 saturated carbocycles. The van der Waals surface area contributed by atoms with Crippen LogP contribution in [0, 0.1) is 18.3 Å². The predicted octanol–water partition coefficient (Wildman–Crippen LogP) is 4.96. The van der Waals surface area contributed by atoms with Crippen molar-refractivity contribution in [1.29, 1.82) is 5.26 Å². The fourth-order valence-corrected chi connectivity index (χ4v) is 4.69. The Hall–Kier alpha value is -4.84. The maximum atomic E-state index is 11.4. The van der Waals surface area contributed by atoms with E-state index in [0.29, 0.717) is 53.4 Å². The van der Waals surface area contributed by atoms with Gasteiger partial charge in [0.1, 0.15) is 17.6 Å². The summed E-state index contributed by atoms with van der Waals surface area (Å²) in [6.45, 7) is 2.58. The van der Waals surface area contributed by atoms with Crippen LogP contribution in [0.15, 0.2) is 54.7 Å². The summed E-state index contributed by atoms with van der Waals surface area (Å²) in [4.78, 5) is 21.5. The van der Waals surface area contributed by atoms with Gasteiger partial charge in [0.25, 0.3) is 0 Å². The Morgan fingerprint density at radius 3 is 2.64 bits per heavy atom. The Morgan fingerprint density at radius 2 is 2.00 bits per heavy atom. The number of nitrogens with zero attached hydrogens (tertiary/aromatic N) is 5. The molecule has 0 spiro atoms. The lowest BCUT2D eigenvalue weighted by Gasteiger charge is -2.24. The van der Waals surface area contributed by atoms with Crippen LogP contribution in [0.25, 0.3) is 27.6 Å². The third-order valence-corrected chi connectivity index (χ3v) is 6.37. The van der Waals surface area contributed by atoms with Crippen molar-refractivity contribution >= 4 is 28.4 Å². The molecule has 0 radical (unpaired) electrons. The highest BCUT2D eigenvalue weighted by Crippen LogP contribution is 2.43. The number of carboxylic acid groups (broad SMARTS) is 1. The largest absolute Gasteiger partial charge is 0.465 e. The van der Waals surface area contributed by atoms with Gasteiger partial charge in [-0.05, 0) is 42.7 Å². The van der Waals surface area contributed by atoms with Gasteiger partial charge in [0.2, 0.25) is 5.88 Å². The fraction of sp³-hybridized carbons (Fsp3) is 0.185. The van der Waals surface area contributed by atoms with Crippen molar-refractivity contribution in [2.24, 2.45) is 7.05 Å². The molecule has 4 aromatic rings. The van der Waals surface area contributed by atoms with E-state index in [0.717, 1.165) is 28.1 Å². The van der Waals surface area contributed by atoms with Gasteiger partial charge in [0.05, 0.1) is 22.2 Å². The number of nitrogens with two attached hydrogens (primary N) is 1. The molecule has 5 rings (SSSR count). The lowest BCUT2D eigenvalue weighted by atomic mass is 9.95. The minimum atomic E-state index is -0.943. The number of rotatable bonds is 4. The first-order chi connectivity index (χ1) is 17.4. The van der Waals surface area contributed by atoms with Gasteiger partial charge < -0.3 is 25.0 Å². The number of benzene rings is 1. The molecule has 0 unspecified atom stereocenters. The van der Waals surface area contributed by atoms with Crippen LogP contribution >= 0.6 is 0 Å². The number of nitriles is 1. The van der Waals surface area contributed by atoms with E-state index in [2.05, 4.69) is 16.0 Å². The molecule has 3 N–H and O–H groups in total. The van der Waals surface area contributed by atoms with Gasteiger partial charge in [-0.3, -0.25) is 0 Å². The Kier molecular flexibility index (Phi) is 5.78. The normalized spacial score (nSPS) is 13.4. The third kappa shape index (κ3) is 3.99. The highest BCUT2D eigenvalue weighted by atomic mass is 16.5. The lowest BCUT2D eigenvalue weighted by Crippen LogP contribution is -2.33. The van der Waals surface area contributed by atoms with Crippen LogP contribution in [0.1, 0.15) is 23.4 Å². The molecular formula is C27H24N6O3. The van der Waals surface area contributed by atoms with Gasteiger partial charge in [-0.2, -0.15) is 5.26 Å². The molecule has 9 heteroatoms. The number of aryl methyl sites for hydroxylation is 2. The van der Waals surface area contributed by atoms with Crippen LogP contribution in [0.3, 0.4) is 0 Å². The zero-order valence-electron chi connectivity index (χ0n) is 19.9. The molecule has 0 saturated heterocycles. The standard InChI is InChI=1S/C27H24N6O3/c1-16-4-3-5-21(31-16)36-20-8-6-17(7-9-20)22-23-25(19(14-28)15-30-26(23)29)32(2)24(22)18-10-12-33(13-11-18)27(34)35/h3-10,15H,11-13H2,1-2H3,(H2,29,30)(H,34,35). The Morgan fingerprint density at radius 1 is 1.22 bits per heavy atom. The van der Waals surface area contributed by atoms with E-state index < -0.39 is 6.09 Å². The first-order valence-corrected chi connectivity index (χ1v) is 11.4. The molecule has 1 aliphatic rings. The number of aromatic nitrogens is 3. The van der Waals surface area contributed by atoms with E-state index >= 15 is 0 Å². The Bertz CT molecular complexity index is 1560. The van der Waals surface area contributed by atoms with Gasteiger partial charge in [-0.1, -0.05) is 24.3 Å². The van der Waals surface area contributed by atoms with Crippen molar-refractivity contribution < 1.29 is 14.6 Å². The summed E-state index contributed by atoms with van der Waals surface area (Å²) in [5.41, 5.74) is 12.0. The second-order valence-electron chi connectivity index (χ2n) is 8.63. The molecule has 0 aliphatic carbocycles. The van der Waals surface area contributed by atoms with Crippen LogP contribution in [0.4, 0.5) is 10.6 Å². The van der Waals surface area contributed by atoms with Crippen molar-refractivity contribution in [3.63, 3.8) is 0 Å². The SMILES string of the molecule is Cc1cccc(Oc2ccc(-c3c(C4=CCN(C(=O)O)CC4)n(C)c4c(C#N)cnc(N)c34)cc2)n1. The van der Waals surface area contributed by atoms with Gasteiger partial charge in [-0.15, -0.1) is 0 Å². The van der Waals surface area contributed by atoms with Crippen molar-refractivity contribution in [2.75, 3.05) is 18.8 Å². The van der Waals surface area contributed by atoms with E-state index in [1.165, 1.54) is 11.1 Å². The number of hydrogen-bond acceptors (Lipinski definition) is 6.